The summed E-state index contributed by atoms with van der Waals surface area (Å²) in [7, 11) is 0. The molecule has 0 saturated carbocycles. The first kappa shape index (κ1) is 8.43. The van der Waals surface area contributed by atoms with Crippen LogP contribution in [0.3, 0.4) is 0 Å². The molecule has 0 rings (SSSR count). The van der Waals surface area contributed by atoms with Gasteiger partial charge in [0.1, 0.15) is 0 Å². The first-order chi connectivity index (χ1) is 4.09. The van der Waals surface area contributed by atoms with E-state index in [9.17, 15) is 4.79 Å². The van der Waals surface area contributed by atoms with Gasteiger partial charge in [0.15, 0.2) is 6.10 Å². The number of hydrogen-bond donors (Lipinski definition) is 2. The average Bonchev–Trinajstić information content (AvgIpc) is 1.84. The van der Waals surface area contributed by atoms with Crippen LogP contribution in [0.25, 0.3) is 0 Å². The Hall–Kier alpha value is -0.570. The second-order valence-electron chi connectivity index (χ2n) is 2.17. The quantitative estimate of drug-likeness (QED) is 0.587. The van der Waals surface area contributed by atoms with Crippen LogP contribution in [0.15, 0.2) is 0 Å². The van der Waals surface area contributed by atoms with Crippen LogP contribution in [0.5, 0.6) is 0 Å². The summed E-state index contributed by atoms with van der Waals surface area (Å²) in [6, 6.07) is 0. The minimum absolute atomic E-state index is 0.150. The molecule has 0 aliphatic carbocycles. The van der Waals surface area contributed by atoms with Crippen molar-refractivity contribution in [3.63, 3.8) is 0 Å². The van der Waals surface area contributed by atoms with Gasteiger partial charge in [-0.2, -0.15) is 0 Å². The molecule has 0 radical (unpaired) electrons. The van der Waals surface area contributed by atoms with E-state index in [0.29, 0.717) is 6.42 Å². The third kappa shape index (κ3) is 2.46. The number of carboxylic acid groups (broad SMARTS) is 1. The van der Waals surface area contributed by atoms with Gasteiger partial charge in [-0.1, -0.05) is 20.3 Å². The lowest BCUT2D eigenvalue weighted by Crippen LogP contribution is -2.26. The Labute approximate surface area is 54.3 Å². The molecule has 0 heterocycles. The minimum Gasteiger partial charge on any atom is -0.479 e. The average molecular weight is 132 g/mol. The van der Waals surface area contributed by atoms with Crippen LogP contribution in [-0.4, -0.2) is 22.3 Å². The maximum atomic E-state index is 10.0. The van der Waals surface area contributed by atoms with Crippen molar-refractivity contribution in [2.45, 2.75) is 26.4 Å². The van der Waals surface area contributed by atoms with Gasteiger partial charge >= 0.3 is 5.97 Å². The van der Waals surface area contributed by atoms with Crippen molar-refractivity contribution in [2.75, 3.05) is 0 Å². The maximum Gasteiger partial charge on any atom is 0.332 e. The Morgan fingerprint density at radius 1 is 1.67 bits per heavy atom. The van der Waals surface area contributed by atoms with E-state index in [1.165, 1.54) is 0 Å². The van der Waals surface area contributed by atoms with Gasteiger partial charge < -0.3 is 10.2 Å². The van der Waals surface area contributed by atoms with Crippen molar-refractivity contribution in [1.82, 2.24) is 0 Å². The highest BCUT2D eigenvalue weighted by molar-refractivity contribution is 5.72. The minimum atomic E-state index is -1.20. The van der Waals surface area contributed by atoms with Gasteiger partial charge in [0, 0.05) is 0 Å². The van der Waals surface area contributed by atoms with Gasteiger partial charge in [0.05, 0.1) is 0 Å². The molecule has 0 saturated heterocycles. The zero-order valence-corrected chi connectivity index (χ0v) is 5.66. The van der Waals surface area contributed by atoms with E-state index in [2.05, 4.69) is 0 Å². The molecule has 2 atom stereocenters. The summed E-state index contributed by atoms with van der Waals surface area (Å²) in [5.74, 6) is -1.29. The number of rotatable bonds is 3. The fourth-order valence-corrected chi connectivity index (χ4v) is 0.467. The highest BCUT2D eigenvalue weighted by Crippen LogP contribution is 2.06. The van der Waals surface area contributed by atoms with Crippen LogP contribution in [0.2, 0.25) is 0 Å². The third-order valence-electron chi connectivity index (χ3n) is 1.44. The van der Waals surface area contributed by atoms with Gasteiger partial charge in [0.2, 0.25) is 0 Å². The highest BCUT2D eigenvalue weighted by Gasteiger charge is 2.18. The molecule has 0 amide bonds. The summed E-state index contributed by atoms with van der Waals surface area (Å²) < 4.78 is 0. The van der Waals surface area contributed by atoms with Gasteiger partial charge in [-0.25, -0.2) is 4.79 Å². The van der Waals surface area contributed by atoms with Gasteiger partial charge in [-0.15, -0.1) is 0 Å². The van der Waals surface area contributed by atoms with Gasteiger partial charge in [-0.05, 0) is 5.92 Å². The van der Waals surface area contributed by atoms with E-state index in [-0.39, 0.29) is 5.92 Å². The summed E-state index contributed by atoms with van der Waals surface area (Å²) >= 11 is 0. The monoisotopic (exact) mass is 132 g/mol. The van der Waals surface area contributed by atoms with Crippen LogP contribution < -0.4 is 0 Å². The Kier molecular flexibility index (Phi) is 3.24. The zero-order valence-electron chi connectivity index (χ0n) is 5.66. The smallest absolute Gasteiger partial charge is 0.332 e. The summed E-state index contributed by atoms with van der Waals surface area (Å²) in [4.78, 5) is 10.0. The number of aliphatic carboxylic acids is 1. The Bertz CT molecular complexity index is 100. The van der Waals surface area contributed by atoms with E-state index < -0.39 is 12.1 Å². The van der Waals surface area contributed by atoms with E-state index >= 15 is 0 Å². The molecule has 0 aromatic heterocycles. The fraction of sp³-hybridized carbons (Fsp3) is 0.833. The highest BCUT2D eigenvalue weighted by atomic mass is 16.4. The molecule has 0 fully saturated rings. The predicted molar refractivity (Wildman–Crippen MR) is 33.1 cm³/mol. The van der Waals surface area contributed by atoms with Crippen LogP contribution in [0, 0.1) is 5.92 Å². The third-order valence-corrected chi connectivity index (χ3v) is 1.44. The molecule has 3 heteroatoms. The van der Waals surface area contributed by atoms with Crippen molar-refractivity contribution in [1.29, 1.82) is 0 Å². The molecule has 9 heavy (non-hydrogen) atoms. The molecule has 0 aliphatic rings. The van der Waals surface area contributed by atoms with Crippen molar-refractivity contribution in [3.05, 3.63) is 0 Å². The second kappa shape index (κ2) is 3.45. The predicted octanol–water partition coefficient (Wildman–Crippen LogP) is 0.478. The molecule has 2 N–H and O–H groups in total. The van der Waals surface area contributed by atoms with E-state index in [1.807, 2.05) is 6.92 Å². The molecule has 3 nitrogen and oxygen atoms in total. The number of aliphatic hydroxyl groups is 1. The standard InChI is InChI=1S/C6H12O3/c1-3-4(2)5(7)6(8)9/h4-5,7H,3H2,1-2H3,(H,8,9). The summed E-state index contributed by atoms with van der Waals surface area (Å²) in [5.41, 5.74) is 0. The Morgan fingerprint density at radius 3 is 2.22 bits per heavy atom. The largest absolute Gasteiger partial charge is 0.479 e. The summed E-state index contributed by atoms with van der Waals surface area (Å²) in [5, 5.41) is 17.0. The lowest BCUT2D eigenvalue weighted by atomic mass is 10.0. The first-order valence-corrected chi connectivity index (χ1v) is 3.00. The lowest BCUT2D eigenvalue weighted by molar-refractivity contribution is -0.149. The molecule has 0 spiro atoms. The van der Waals surface area contributed by atoms with Crippen molar-refractivity contribution >= 4 is 5.97 Å². The summed E-state index contributed by atoms with van der Waals surface area (Å²) in [6.07, 6.45) is -0.511. The molecule has 0 bridgehead atoms. The maximum absolute atomic E-state index is 10.0. The van der Waals surface area contributed by atoms with Crippen molar-refractivity contribution < 1.29 is 15.0 Å². The summed E-state index contributed by atoms with van der Waals surface area (Å²) in [6.45, 7) is 3.55. The van der Waals surface area contributed by atoms with Crippen LogP contribution in [0.4, 0.5) is 0 Å². The normalized spacial score (nSPS) is 16.8. The molecule has 54 valence electrons. The van der Waals surface area contributed by atoms with Crippen LogP contribution in [-0.2, 0) is 4.79 Å². The van der Waals surface area contributed by atoms with Crippen LogP contribution >= 0.6 is 0 Å². The topological polar surface area (TPSA) is 57.5 Å². The molecule has 0 aromatic rings. The van der Waals surface area contributed by atoms with Gasteiger partial charge in [-0.3, -0.25) is 0 Å². The molecular weight excluding hydrogens is 120 g/mol. The number of aliphatic hydroxyl groups excluding tert-OH is 1. The first-order valence-electron chi connectivity index (χ1n) is 3.00. The molecule has 2 unspecified atom stereocenters. The number of carbonyl (C=O) groups is 1. The van der Waals surface area contributed by atoms with Gasteiger partial charge in [0.25, 0.3) is 0 Å². The van der Waals surface area contributed by atoms with E-state index in [4.69, 9.17) is 10.2 Å². The Balaban J connectivity index is 3.72. The van der Waals surface area contributed by atoms with E-state index in [1.54, 1.807) is 6.92 Å². The van der Waals surface area contributed by atoms with Crippen molar-refractivity contribution in [2.24, 2.45) is 5.92 Å². The van der Waals surface area contributed by atoms with E-state index in [0.717, 1.165) is 0 Å². The Morgan fingerprint density at radius 2 is 2.11 bits per heavy atom. The number of hydrogen-bond acceptors (Lipinski definition) is 2. The number of carboxylic acids is 1. The SMILES string of the molecule is CCC(C)C(O)C(=O)O. The van der Waals surface area contributed by atoms with Crippen molar-refractivity contribution in [3.8, 4) is 0 Å². The molecule has 0 aromatic carbocycles. The molecular formula is C6H12O3. The zero-order chi connectivity index (χ0) is 7.44. The second-order valence-corrected chi connectivity index (χ2v) is 2.17. The molecule has 0 aliphatic heterocycles. The fourth-order valence-electron chi connectivity index (χ4n) is 0.467. The van der Waals surface area contributed by atoms with Crippen LogP contribution in [0.1, 0.15) is 20.3 Å². The lowest BCUT2D eigenvalue weighted by Gasteiger charge is -2.10.